The van der Waals surface area contributed by atoms with E-state index in [4.69, 9.17) is 9.84 Å². The maximum absolute atomic E-state index is 8.28. The number of hydrogen-bond donors (Lipinski definition) is 1. The number of aliphatic hydroxyl groups is 1. The van der Waals surface area contributed by atoms with E-state index in [1.54, 1.807) is 0 Å². The minimum Gasteiger partial charge on any atom is -0.512 e. The van der Waals surface area contributed by atoms with Gasteiger partial charge in [0.05, 0.1) is 6.61 Å². The highest BCUT2D eigenvalue weighted by Crippen LogP contribution is 2.10. The van der Waals surface area contributed by atoms with Gasteiger partial charge in [-0.3, -0.25) is 0 Å². The van der Waals surface area contributed by atoms with Gasteiger partial charge in [-0.25, -0.2) is 0 Å². The maximum Gasteiger partial charge on any atom is 0.117 e. The van der Waals surface area contributed by atoms with Crippen LogP contribution in [-0.2, 0) is 4.74 Å². The van der Waals surface area contributed by atoms with Crippen molar-refractivity contribution in [3.63, 3.8) is 0 Å². The summed E-state index contributed by atoms with van der Waals surface area (Å²) < 4.78 is 5.06. The van der Waals surface area contributed by atoms with Crippen molar-refractivity contribution in [1.82, 2.24) is 0 Å². The van der Waals surface area contributed by atoms with Crippen molar-refractivity contribution in [2.24, 2.45) is 5.92 Å². The molecule has 0 amide bonds. The fraction of sp³-hybridized carbons (Fsp3) is 0.538. The van der Waals surface area contributed by atoms with Crippen LogP contribution in [0.5, 0.6) is 0 Å². The van der Waals surface area contributed by atoms with Crippen molar-refractivity contribution >= 4 is 0 Å². The molecule has 0 bridgehead atoms. The normalized spacial score (nSPS) is 10.3. The van der Waals surface area contributed by atoms with Crippen LogP contribution in [0.1, 0.15) is 33.1 Å². The van der Waals surface area contributed by atoms with Gasteiger partial charge < -0.3 is 9.84 Å². The van der Waals surface area contributed by atoms with E-state index in [0.29, 0.717) is 5.92 Å². The first-order valence-corrected chi connectivity index (χ1v) is 4.92. The summed E-state index contributed by atoms with van der Waals surface area (Å²) in [6.07, 6.45) is 21.8. The molecular formula is C13H22O2. The summed E-state index contributed by atoms with van der Waals surface area (Å²) >= 11 is 0. The van der Waals surface area contributed by atoms with Crippen molar-refractivity contribution in [1.29, 1.82) is 0 Å². The molecule has 0 aromatic rings. The van der Waals surface area contributed by atoms with Gasteiger partial charge in [0.2, 0.25) is 0 Å². The molecule has 2 nitrogen and oxygen atoms in total. The summed E-state index contributed by atoms with van der Waals surface area (Å²) in [6.45, 7) is 5.05. The Morgan fingerprint density at radius 3 is 2.07 bits per heavy atom. The van der Waals surface area contributed by atoms with Gasteiger partial charge in [0, 0.05) is 0 Å². The van der Waals surface area contributed by atoms with Crippen molar-refractivity contribution in [3.05, 3.63) is 12.5 Å². The van der Waals surface area contributed by atoms with Gasteiger partial charge in [0.15, 0.2) is 0 Å². The van der Waals surface area contributed by atoms with Crippen LogP contribution in [0.3, 0.4) is 0 Å². The smallest absolute Gasteiger partial charge is 0.117 e. The van der Waals surface area contributed by atoms with E-state index in [1.807, 2.05) is 0 Å². The average molecular weight is 210 g/mol. The van der Waals surface area contributed by atoms with Crippen LogP contribution in [0.15, 0.2) is 12.5 Å². The van der Waals surface area contributed by atoms with Gasteiger partial charge in [0.1, 0.15) is 12.5 Å². The lowest BCUT2D eigenvalue weighted by molar-refractivity contribution is 0.178. The number of terminal acetylenes is 2. The first kappa shape index (κ1) is 19.1. The first-order valence-electron chi connectivity index (χ1n) is 4.92. The van der Waals surface area contributed by atoms with Crippen molar-refractivity contribution < 1.29 is 9.84 Å². The summed E-state index contributed by atoms with van der Waals surface area (Å²) in [5.41, 5.74) is 0. The largest absolute Gasteiger partial charge is 0.512 e. The van der Waals surface area contributed by atoms with Gasteiger partial charge in [0.25, 0.3) is 0 Å². The zero-order valence-electron chi connectivity index (χ0n) is 9.73. The summed E-state index contributed by atoms with van der Waals surface area (Å²) in [5.74, 6) is 0.635. The SMILES string of the molecule is C#C.C#C.CCC[C@@H](CC)COC=CO. The fourth-order valence-corrected chi connectivity index (χ4v) is 1.05. The molecule has 1 atom stereocenters. The molecule has 86 valence electrons. The molecule has 0 heterocycles. The third-order valence-corrected chi connectivity index (χ3v) is 1.76. The highest BCUT2D eigenvalue weighted by molar-refractivity contribution is 4.61. The molecule has 0 aromatic carbocycles. The molecule has 0 aliphatic heterocycles. The summed E-state index contributed by atoms with van der Waals surface area (Å²) in [4.78, 5) is 0. The molecule has 1 N–H and O–H groups in total. The van der Waals surface area contributed by atoms with Crippen LogP contribution in [0.2, 0.25) is 0 Å². The minimum atomic E-state index is 0.635. The molecule has 0 aromatic heterocycles. The van der Waals surface area contributed by atoms with E-state index in [-0.39, 0.29) is 0 Å². The van der Waals surface area contributed by atoms with E-state index < -0.39 is 0 Å². The van der Waals surface area contributed by atoms with Crippen molar-refractivity contribution in [2.75, 3.05) is 6.61 Å². The van der Waals surface area contributed by atoms with Crippen LogP contribution in [0, 0.1) is 31.6 Å². The molecule has 0 fully saturated rings. The van der Waals surface area contributed by atoms with E-state index in [0.717, 1.165) is 19.3 Å². The predicted octanol–water partition coefficient (Wildman–Crippen LogP) is 3.36. The zero-order valence-corrected chi connectivity index (χ0v) is 9.73. The third-order valence-electron chi connectivity index (χ3n) is 1.76. The van der Waals surface area contributed by atoms with Gasteiger partial charge in [-0.1, -0.05) is 26.7 Å². The second kappa shape index (κ2) is 22.9. The van der Waals surface area contributed by atoms with Crippen LogP contribution in [0.25, 0.3) is 0 Å². The van der Waals surface area contributed by atoms with E-state index in [2.05, 4.69) is 39.5 Å². The Morgan fingerprint density at radius 1 is 1.20 bits per heavy atom. The van der Waals surface area contributed by atoms with Gasteiger partial charge in [-0.2, -0.15) is 0 Å². The summed E-state index contributed by atoms with van der Waals surface area (Å²) in [5, 5.41) is 8.28. The van der Waals surface area contributed by atoms with E-state index in [9.17, 15) is 0 Å². The molecule has 0 spiro atoms. The van der Waals surface area contributed by atoms with Crippen LogP contribution in [0.4, 0.5) is 0 Å². The molecule has 0 radical (unpaired) electrons. The van der Waals surface area contributed by atoms with E-state index >= 15 is 0 Å². The van der Waals surface area contributed by atoms with Crippen LogP contribution < -0.4 is 0 Å². The maximum atomic E-state index is 8.28. The molecule has 0 rings (SSSR count). The Morgan fingerprint density at radius 2 is 1.73 bits per heavy atom. The Kier molecular flexibility index (Phi) is 29.1. The molecule has 0 aliphatic carbocycles. The highest BCUT2D eigenvalue weighted by atomic mass is 16.5. The topological polar surface area (TPSA) is 29.5 Å². The zero-order chi connectivity index (χ0) is 12.5. The minimum absolute atomic E-state index is 0.635. The number of rotatable bonds is 6. The molecule has 0 unspecified atom stereocenters. The monoisotopic (exact) mass is 210 g/mol. The fourth-order valence-electron chi connectivity index (χ4n) is 1.05. The first-order chi connectivity index (χ1) is 7.35. The summed E-state index contributed by atoms with van der Waals surface area (Å²) in [6, 6.07) is 0. The van der Waals surface area contributed by atoms with E-state index in [1.165, 1.54) is 19.1 Å². The lowest BCUT2D eigenvalue weighted by atomic mass is 10.0. The Bertz CT molecular complexity index is 150. The molecule has 2 heteroatoms. The Hall–Kier alpha value is -1.54. The molecule has 0 saturated heterocycles. The lowest BCUT2D eigenvalue weighted by Crippen LogP contribution is -2.05. The number of aliphatic hydroxyl groups excluding tert-OH is 1. The lowest BCUT2D eigenvalue weighted by Gasteiger charge is -2.11. The van der Waals surface area contributed by atoms with Crippen molar-refractivity contribution in [3.8, 4) is 25.7 Å². The number of ether oxygens (including phenoxy) is 1. The molecule has 0 saturated carbocycles. The van der Waals surface area contributed by atoms with Crippen LogP contribution >= 0.6 is 0 Å². The number of hydrogen-bond acceptors (Lipinski definition) is 2. The van der Waals surface area contributed by atoms with Gasteiger partial charge >= 0.3 is 0 Å². The molecular weight excluding hydrogens is 188 g/mol. The Labute approximate surface area is 94.3 Å². The second-order valence-electron chi connectivity index (χ2n) is 2.68. The van der Waals surface area contributed by atoms with Crippen LogP contribution in [-0.4, -0.2) is 11.7 Å². The standard InChI is InChI=1S/C9H18O2.2C2H2/c1-3-5-9(4-2)8-11-7-6-10;2*1-2/h6-7,9-10H,3-5,8H2,1-2H3;2*1-2H/t9-;;/m1../s1. The van der Waals surface area contributed by atoms with Gasteiger partial charge in [-0.05, 0) is 12.3 Å². The van der Waals surface area contributed by atoms with Gasteiger partial charge in [-0.15, -0.1) is 25.7 Å². The Balaban J connectivity index is -0.000000318. The van der Waals surface area contributed by atoms with Crippen molar-refractivity contribution in [2.45, 2.75) is 33.1 Å². The average Bonchev–Trinajstić information content (AvgIpc) is 2.33. The quantitative estimate of drug-likeness (QED) is 0.538. The third kappa shape index (κ3) is 19.0. The summed E-state index contributed by atoms with van der Waals surface area (Å²) in [7, 11) is 0. The molecule has 15 heavy (non-hydrogen) atoms. The molecule has 0 aliphatic rings. The predicted molar refractivity (Wildman–Crippen MR) is 66.2 cm³/mol. The second-order valence-corrected chi connectivity index (χ2v) is 2.68. The highest BCUT2D eigenvalue weighted by Gasteiger charge is 2.03.